The van der Waals surface area contributed by atoms with E-state index in [1.807, 2.05) is 32.0 Å². The summed E-state index contributed by atoms with van der Waals surface area (Å²) < 4.78 is 5.36. The van der Waals surface area contributed by atoms with E-state index in [1.54, 1.807) is 6.92 Å². The summed E-state index contributed by atoms with van der Waals surface area (Å²) in [6.45, 7) is 5.46. The second-order valence-electron chi connectivity index (χ2n) is 10.1. The minimum absolute atomic E-state index is 0.0127. The number of rotatable bonds is 7. The maximum atomic E-state index is 12.7. The van der Waals surface area contributed by atoms with E-state index in [4.69, 9.17) is 4.74 Å². The molecule has 5 nitrogen and oxygen atoms in total. The third kappa shape index (κ3) is 4.45. The molecule has 4 saturated carbocycles. The van der Waals surface area contributed by atoms with E-state index in [0.717, 1.165) is 48.1 Å². The molecule has 0 unspecified atom stereocenters. The van der Waals surface area contributed by atoms with Crippen LogP contribution in [0.4, 0.5) is 0 Å². The van der Waals surface area contributed by atoms with Crippen LogP contribution in [0.3, 0.4) is 0 Å². The normalized spacial score (nSPS) is 30.0. The van der Waals surface area contributed by atoms with Gasteiger partial charge in [0.2, 0.25) is 0 Å². The molecule has 0 spiro atoms. The van der Waals surface area contributed by atoms with Crippen molar-refractivity contribution in [3.05, 3.63) is 34.9 Å². The molecule has 0 aliphatic heterocycles. The average molecular weight is 412 g/mol. The highest BCUT2D eigenvalue weighted by molar-refractivity contribution is 5.99. The Balaban J connectivity index is 1.27. The molecule has 4 aliphatic carbocycles. The molecular formula is C25H33NO4. The number of Topliss-reactive ketones (excluding diaryl/α,β-unsaturated/α-hetero) is 1. The molecule has 30 heavy (non-hydrogen) atoms. The fraction of sp³-hybridized carbons (Fsp3) is 0.640. The number of esters is 1. The maximum Gasteiger partial charge on any atom is 0.307 e. The molecule has 1 N–H and O–H groups in total. The highest BCUT2D eigenvalue weighted by Crippen LogP contribution is 2.55. The average Bonchev–Trinajstić information content (AvgIpc) is 2.66. The standard InChI is InChI=1S/C25H33NO4/c1-15-4-5-16(2)21(8-15)22(27)6-7-23(28)30-17(3)24(29)26-25-12-18-9-19(13-25)11-20(10-18)14-25/h4-5,8,17-20H,6-7,9-14H2,1-3H3,(H,26,29)/t17-,18?,19?,20?,25?/m0/s1. The molecule has 1 aromatic carbocycles. The molecule has 0 saturated heterocycles. The van der Waals surface area contributed by atoms with Gasteiger partial charge in [0.1, 0.15) is 0 Å². The van der Waals surface area contributed by atoms with Gasteiger partial charge < -0.3 is 10.1 Å². The molecule has 0 aromatic heterocycles. The first-order chi connectivity index (χ1) is 14.2. The molecule has 1 atom stereocenters. The van der Waals surface area contributed by atoms with Crippen LogP contribution in [-0.4, -0.2) is 29.3 Å². The topological polar surface area (TPSA) is 72.5 Å². The van der Waals surface area contributed by atoms with Crippen LogP contribution in [0.25, 0.3) is 0 Å². The second-order valence-corrected chi connectivity index (χ2v) is 10.1. The van der Waals surface area contributed by atoms with Gasteiger partial charge in [0.05, 0.1) is 6.42 Å². The van der Waals surface area contributed by atoms with E-state index < -0.39 is 12.1 Å². The Kier molecular flexibility index (Phi) is 5.73. The fourth-order valence-electron chi connectivity index (χ4n) is 6.32. The van der Waals surface area contributed by atoms with E-state index >= 15 is 0 Å². The summed E-state index contributed by atoms with van der Waals surface area (Å²) in [7, 11) is 0. The number of carbonyl (C=O) groups excluding carboxylic acids is 3. The van der Waals surface area contributed by atoms with Crippen molar-refractivity contribution < 1.29 is 19.1 Å². The van der Waals surface area contributed by atoms with Gasteiger partial charge in [-0.3, -0.25) is 14.4 Å². The van der Waals surface area contributed by atoms with Crippen LogP contribution in [0.1, 0.15) is 79.8 Å². The number of nitrogens with one attached hydrogen (secondary N) is 1. The first-order valence-corrected chi connectivity index (χ1v) is 11.3. The van der Waals surface area contributed by atoms with Crippen LogP contribution in [0.2, 0.25) is 0 Å². The molecule has 0 radical (unpaired) electrons. The third-order valence-electron chi connectivity index (χ3n) is 7.35. The molecule has 4 fully saturated rings. The highest BCUT2D eigenvalue weighted by Gasteiger charge is 2.51. The van der Waals surface area contributed by atoms with Crippen molar-refractivity contribution in [2.24, 2.45) is 17.8 Å². The lowest BCUT2D eigenvalue weighted by atomic mass is 9.53. The predicted octanol–water partition coefficient (Wildman–Crippen LogP) is 4.28. The van der Waals surface area contributed by atoms with Crippen LogP contribution in [0.5, 0.6) is 0 Å². The fourth-order valence-corrected chi connectivity index (χ4v) is 6.32. The highest BCUT2D eigenvalue weighted by atomic mass is 16.5. The van der Waals surface area contributed by atoms with Crippen molar-refractivity contribution in [3.8, 4) is 0 Å². The van der Waals surface area contributed by atoms with Gasteiger partial charge in [0.15, 0.2) is 11.9 Å². The van der Waals surface area contributed by atoms with Gasteiger partial charge in [-0.1, -0.05) is 17.7 Å². The Morgan fingerprint density at radius 2 is 1.63 bits per heavy atom. The van der Waals surface area contributed by atoms with Crippen LogP contribution < -0.4 is 5.32 Å². The summed E-state index contributed by atoms with van der Waals surface area (Å²) in [6.07, 6.45) is 6.38. The van der Waals surface area contributed by atoms with Gasteiger partial charge in [-0.05, 0) is 88.7 Å². The number of carbonyl (C=O) groups is 3. The van der Waals surface area contributed by atoms with E-state index in [0.29, 0.717) is 5.56 Å². The lowest BCUT2D eigenvalue weighted by Gasteiger charge is -2.57. The Bertz CT molecular complexity index is 823. The van der Waals surface area contributed by atoms with Crippen LogP contribution in [-0.2, 0) is 14.3 Å². The first-order valence-electron chi connectivity index (χ1n) is 11.3. The van der Waals surface area contributed by atoms with E-state index in [9.17, 15) is 14.4 Å². The smallest absolute Gasteiger partial charge is 0.307 e. The Morgan fingerprint density at radius 1 is 1.03 bits per heavy atom. The van der Waals surface area contributed by atoms with Crippen molar-refractivity contribution in [1.29, 1.82) is 0 Å². The van der Waals surface area contributed by atoms with Gasteiger partial charge in [0.25, 0.3) is 5.91 Å². The van der Waals surface area contributed by atoms with Gasteiger partial charge in [0, 0.05) is 17.5 Å². The zero-order chi connectivity index (χ0) is 21.5. The summed E-state index contributed by atoms with van der Waals surface area (Å²) in [5.74, 6) is 1.45. The van der Waals surface area contributed by atoms with Crippen molar-refractivity contribution in [3.63, 3.8) is 0 Å². The summed E-state index contributed by atoms with van der Waals surface area (Å²) in [5.41, 5.74) is 2.48. The molecule has 0 heterocycles. The molecule has 4 bridgehead atoms. The Morgan fingerprint density at radius 3 is 2.23 bits per heavy atom. The van der Waals surface area contributed by atoms with Crippen LogP contribution >= 0.6 is 0 Å². The van der Waals surface area contributed by atoms with Crippen molar-refractivity contribution in [2.75, 3.05) is 0 Å². The molecule has 1 aromatic rings. The van der Waals surface area contributed by atoms with Gasteiger partial charge in [-0.15, -0.1) is 0 Å². The van der Waals surface area contributed by atoms with Crippen molar-refractivity contribution in [1.82, 2.24) is 5.32 Å². The summed E-state index contributed by atoms with van der Waals surface area (Å²) in [6, 6.07) is 5.73. The number of hydrogen-bond acceptors (Lipinski definition) is 4. The number of ether oxygens (including phenoxy) is 1. The quantitative estimate of drug-likeness (QED) is 0.537. The van der Waals surface area contributed by atoms with Gasteiger partial charge >= 0.3 is 5.97 Å². The van der Waals surface area contributed by atoms with Crippen molar-refractivity contribution in [2.45, 2.75) is 83.8 Å². The molecule has 1 amide bonds. The molecule has 4 aliphatic rings. The van der Waals surface area contributed by atoms with Crippen molar-refractivity contribution >= 4 is 17.7 Å². The van der Waals surface area contributed by atoms with Gasteiger partial charge in [-0.2, -0.15) is 0 Å². The SMILES string of the molecule is Cc1ccc(C)c(C(=O)CCC(=O)O[C@@H](C)C(=O)NC23CC4CC(CC(C4)C2)C3)c1. The zero-order valence-electron chi connectivity index (χ0n) is 18.3. The maximum absolute atomic E-state index is 12.7. The van der Waals surface area contributed by atoms with Gasteiger partial charge in [-0.25, -0.2) is 0 Å². The zero-order valence-corrected chi connectivity index (χ0v) is 18.3. The first kappa shape index (κ1) is 21.1. The Labute approximate surface area is 178 Å². The lowest BCUT2D eigenvalue weighted by molar-refractivity contribution is -0.156. The predicted molar refractivity (Wildman–Crippen MR) is 114 cm³/mol. The lowest BCUT2D eigenvalue weighted by Crippen LogP contribution is -2.61. The summed E-state index contributed by atoms with van der Waals surface area (Å²) in [4.78, 5) is 37.5. The van der Waals surface area contributed by atoms with Crippen LogP contribution in [0, 0.1) is 31.6 Å². The second kappa shape index (κ2) is 8.16. The third-order valence-corrected chi connectivity index (χ3v) is 7.35. The summed E-state index contributed by atoms with van der Waals surface area (Å²) >= 11 is 0. The van der Waals surface area contributed by atoms with E-state index in [2.05, 4.69) is 5.32 Å². The summed E-state index contributed by atoms with van der Waals surface area (Å²) in [5, 5.41) is 3.25. The number of amides is 1. The molecule has 5 rings (SSSR count). The van der Waals surface area contributed by atoms with E-state index in [1.165, 1.54) is 19.3 Å². The minimum Gasteiger partial charge on any atom is -0.453 e. The number of benzene rings is 1. The Hall–Kier alpha value is -2.17. The molecule has 162 valence electrons. The number of hydrogen-bond donors (Lipinski definition) is 1. The largest absolute Gasteiger partial charge is 0.453 e. The minimum atomic E-state index is -0.832. The van der Waals surface area contributed by atoms with Crippen LogP contribution in [0.15, 0.2) is 18.2 Å². The number of aryl methyl sites for hydroxylation is 2. The number of ketones is 1. The monoisotopic (exact) mass is 411 g/mol. The molecular weight excluding hydrogens is 378 g/mol. The molecule has 5 heteroatoms. The van der Waals surface area contributed by atoms with E-state index in [-0.39, 0.29) is 30.1 Å².